The Bertz CT molecular complexity index is 267. The summed E-state index contributed by atoms with van der Waals surface area (Å²) >= 11 is 1.58. The molecule has 0 aromatic carbocycles. The van der Waals surface area contributed by atoms with E-state index in [0.29, 0.717) is 0 Å². The molecule has 2 N–H and O–H groups in total. The molecular formula is C8H11NOS. The number of aryl methyl sites for hydroxylation is 1. The van der Waals surface area contributed by atoms with Crippen LogP contribution in [0.1, 0.15) is 22.7 Å². The van der Waals surface area contributed by atoms with E-state index in [1.165, 1.54) is 11.8 Å². The van der Waals surface area contributed by atoms with E-state index < -0.39 is 6.04 Å². The van der Waals surface area contributed by atoms with E-state index in [4.69, 9.17) is 5.73 Å². The van der Waals surface area contributed by atoms with Crippen molar-refractivity contribution >= 4 is 17.1 Å². The summed E-state index contributed by atoms with van der Waals surface area (Å²) in [7, 11) is 0. The second-order valence-corrected chi connectivity index (χ2v) is 3.86. The van der Waals surface area contributed by atoms with Gasteiger partial charge in [-0.1, -0.05) is 0 Å². The maximum atomic E-state index is 10.8. The molecule has 0 aliphatic heterocycles. The Morgan fingerprint density at radius 3 is 2.64 bits per heavy atom. The van der Waals surface area contributed by atoms with Crippen molar-refractivity contribution in [2.45, 2.75) is 19.9 Å². The fourth-order valence-electron chi connectivity index (χ4n) is 0.821. The number of thiophene rings is 1. The third-order valence-corrected chi connectivity index (χ3v) is 2.59. The van der Waals surface area contributed by atoms with Gasteiger partial charge in [0.1, 0.15) is 0 Å². The number of carbonyl (C=O) groups excluding carboxylic acids is 1. The SMILES string of the molecule is CC(=O)C(N)c1ccc(C)s1. The largest absolute Gasteiger partial charge is 0.317 e. The first-order valence-electron chi connectivity index (χ1n) is 3.43. The summed E-state index contributed by atoms with van der Waals surface area (Å²) in [5, 5.41) is 0. The van der Waals surface area contributed by atoms with Gasteiger partial charge in [-0.3, -0.25) is 4.79 Å². The molecule has 0 aliphatic rings. The smallest absolute Gasteiger partial charge is 0.151 e. The van der Waals surface area contributed by atoms with Crippen molar-refractivity contribution in [1.82, 2.24) is 0 Å². The van der Waals surface area contributed by atoms with E-state index in [1.807, 2.05) is 19.1 Å². The monoisotopic (exact) mass is 169 g/mol. The Morgan fingerprint density at radius 2 is 2.27 bits per heavy atom. The summed E-state index contributed by atoms with van der Waals surface area (Å²) in [6.07, 6.45) is 0. The van der Waals surface area contributed by atoms with Crippen LogP contribution in [0, 0.1) is 6.92 Å². The highest BCUT2D eigenvalue weighted by Crippen LogP contribution is 2.21. The Kier molecular flexibility index (Phi) is 2.42. The maximum Gasteiger partial charge on any atom is 0.151 e. The molecule has 2 nitrogen and oxygen atoms in total. The van der Waals surface area contributed by atoms with Gasteiger partial charge in [0.15, 0.2) is 5.78 Å². The zero-order valence-electron chi connectivity index (χ0n) is 6.63. The van der Waals surface area contributed by atoms with Gasteiger partial charge in [0, 0.05) is 9.75 Å². The molecule has 3 heteroatoms. The van der Waals surface area contributed by atoms with Gasteiger partial charge in [-0.15, -0.1) is 11.3 Å². The number of rotatable bonds is 2. The van der Waals surface area contributed by atoms with Crippen molar-refractivity contribution in [3.05, 3.63) is 21.9 Å². The highest BCUT2D eigenvalue weighted by atomic mass is 32.1. The van der Waals surface area contributed by atoms with Gasteiger partial charge in [-0.2, -0.15) is 0 Å². The van der Waals surface area contributed by atoms with Gasteiger partial charge in [0.2, 0.25) is 0 Å². The lowest BCUT2D eigenvalue weighted by molar-refractivity contribution is -0.118. The number of hydrogen-bond acceptors (Lipinski definition) is 3. The first-order chi connectivity index (χ1) is 5.11. The molecule has 0 fully saturated rings. The number of nitrogens with two attached hydrogens (primary N) is 1. The lowest BCUT2D eigenvalue weighted by Gasteiger charge is -2.02. The second-order valence-electron chi connectivity index (χ2n) is 2.54. The van der Waals surface area contributed by atoms with Gasteiger partial charge in [-0.25, -0.2) is 0 Å². The molecule has 1 rings (SSSR count). The summed E-state index contributed by atoms with van der Waals surface area (Å²) in [6, 6.07) is 3.46. The summed E-state index contributed by atoms with van der Waals surface area (Å²) in [4.78, 5) is 13.0. The van der Waals surface area contributed by atoms with Crippen molar-refractivity contribution in [2.24, 2.45) is 5.73 Å². The summed E-state index contributed by atoms with van der Waals surface area (Å²) < 4.78 is 0. The van der Waals surface area contributed by atoms with E-state index >= 15 is 0 Å². The molecule has 1 atom stereocenters. The molecular weight excluding hydrogens is 158 g/mol. The molecule has 1 aromatic rings. The van der Waals surface area contributed by atoms with E-state index in [-0.39, 0.29) is 5.78 Å². The molecule has 0 bridgehead atoms. The van der Waals surface area contributed by atoms with Crippen LogP contribution < -0.4 is 5.73 Å². The summed E-state index contributed by atoms with van der Waals surface area (Å²) in [5.74, 6) is 0.0202. The topological polar surface area (TPSA) is 43.1 Å². The zero-order valence-corrected chi connectivity index (χ0v) is 7.44. The predicted octanol–water partition coefficient (Wildman–Crippen LogP) is 1.65. The summed E-state index contributed by atoms with van der Waals surface area (Å²) in [6.45, 7) is 3.51. The minimum Gasteiger partial charge on any atom is -0.317 e. The standard InChI is InChI=1S/C8H11NOS/c1-5-3-4-7(11-5)8(9)6(2)10/h3-4,8H,9H2,1-2H3. The van der Waals surface area contributed by atoms with Crippen LogP contribution in [-0.4, -0.2) is 5.78 Å². The lowest BCUT2D eigenvalue weighted by atomic mass is 10.2. The van der Waals surface area contributed by atoms with Crippen LogP contribution in [-0.2, 0) is 4.79 Å². The van der Waals surface area contributed by atoms with E-state index in [9.17, 15) is 4.79 Å². The Labute approximate surface area is 70.0 Å². The molecule has 1 unspecified atom stereocenters. The van der Waals surface area contributed by atoms with Crippen molar-refractivity contribution in [3.63, 3.8) is 0 Å². The zero-order chi connectivity index (χ0) is 8.43. The van der Waals surface area contributed by atoms with Crippen LogP contribution in [0.15, 0.2) is 12.1 Å². The molecule has 60 valence electrons. The molecule has 0 saturated heterocycles. The predicted molar refractivity (Wildman–Crippen MR) is 46.7 cm³/mol. The van der Waals surface area contributed by atoms with Crippen LogP contribution in [0.5, 0.6) is 0 Å². The number of hydrogen-bond donors (Lipinski definition) is 1. The lowest BCUT2D eigenvalue weighted by Crippen LogP contribution is -2.16. The van der Waals surface area contributed by atoms with E-state index in [0.717, 1.165) is 4.88 Å². The van der Waals surface area contributed by atoms with Crippen LogP contribution in [0.2, 0.25) is 0 Å². The highest BCUT2D eigenvalue weighted by Gasteiger charge is 2.11. The Balaban J connectivity index is 2.84. The van der Waals surface area contributed by atoms with Crippen molar-refractivity contribution in [3.8, 4) is 0 Å². The van der Waals surface area contributed by atoms with Crippen LogP contribution >= 0.6 is 11.3 Å². The molecule has 0 saturated carbocycles. The van der Waals surface area contributed by atoms with Gasteiger partial charge >= 0.3 is 0 Å². The van der Waals surface area contributed by atoms with Gasteiger partial charge in [-0.05, 0) is 26.0 Å². The minimum absolute atomic E-state index is 0.0202. The molecule has 0 aliphatic carbocycles. The fourth-order valence-corrected chi connectivity index (χ4v) is 1.76. The van der Waals surface area contributed by atoms with Crippen LogP contribution in [0.4, 0.5) is 0 Å². The molecule has 1 aromatic heterocycles. The number of ketones is 1. The minimum atomic E-state index is -0.423. The third-order valence-electron chi connectivity index (χ3n) is 1.51. The van der Waals surface area contributed by atoms with E-state index in [1.54, 1.807) is 11.3 Å². The van der Waals surface area contributed by atoms with Gasteiger partial charge in [0.05, 0.1) is 6.04 Å². The normalized spacial score (nSPS) is 13.0. The van der Waals surface area contributed by atoms with Crippen LogP contribution in [0.3, 0.4) is 0 Å². The quantitative estimate of drug-likeness (QED) is 0.731. The van der Waals surface area contributed by atoms with E-state index in [2.05, 4.69) is 0 Å². The first kappa shape index (κ1) is 8.43. The first-order valence-corrected chi connectivity index (χ1v) is 4.25. The average Bonchev–Trinajstić information content (AvgIpc) is 2.34. The maximum absolute atomic E-state index is 10.8. The second kappa shape index (κ2) is 3.15. The van der Waals surface area contributed by atoms with Crippen molar-refractivity contribution in [2.75, 3.05) is 0 Å². The number of Topliss-reactive ketones (excluding diaryl/α,β-unsaturated/α-hetero) is 1. The molecule has 11 heavy (non-hydrogen) atoms. The third kappa shape index (κ3) is 1.88. The van der Waals surface area contributed by atoms with Gasteiger partial charge < -0.3 is 5.73 Å². The number of carbonyl (C=O) groups is 1. The molecule has 0 radical (unpaired) electrons. The Morgan fingerprint density at radius 1 is 1.64 bits per heavy atom. The average molecular weight is 169 g/mol. The Hall–Kier alpha value is -0.670. The van der Waals surface area contributed by atoms with Gasteiger partial charge in [0.25, 0.3) is 0 Å². The molecule has 0 amide bonds. The highest BCUT2D eigenvalue weighted by molar-refractivity contribution is 7.12. The van der Waals surface area contributed by atoms with Crippen molar-refractivity contribution in [1.29, 1.82) is 0 Å². The van der Waals surface area contributed by atoms with Crippen molar-refractivity contribution < 1.29 is 4.79 Å². The fraction of sp³-hybridized carbons (Fsp3) is 0.375. The molecule has 1 heterocycles. The van der Waals surface area contributed by atoms with Crippen LogP contribution in [0.25, 0.3) is 0 Å². The molecule has 0 spiro atoms. The summed E-state index contributed by atoms with van der Waals surface area (Å²) in [5.41, 5.74) is 5.61.